The first kappa shape index (κ1) is 12.2. The van der Waals surface area contributed by atoms with E-state index in [1.165, 1.54) is 0 Å². The van der Waals surface area contributed by atoms with E-state index >= 15 is 0 Å². The molecular weight excluding hydrogens is 263 g/mol. The van der Waals surface area contributed by atoms with Crippen molar-refractivity contribution < 1.29 is 29.6 Å². The van der Waals surface area contributed by atoms with Crippen LogP contribution in [0.15, 0.2) is 0 Å². The zero-order valence-electron chi connectivity index (χ0n) is 8.20. The van der Waals surface area contributed by atoms with Gasteiger partial charge in [0.2, 0.25) is 0 Å². The lowest BCUT2D eigenvalue weighted by atomic mass is 10.1. The van der Waals surface area contributed by atoms with Crippen LogP contribution in [0.5, 0.6) is 0 Å². The van der Waals surface area contributed by atoms with Gasteiger partial charge in [-0.25, -0.2) is 4.39 Å². The third kappa shape index (κ3) is 2.70. The van der Waals surface area contributed by atoms with Gasteiger partial charge in [-0.2, -0.15) is 16.8 Å². The van der Waals surface area contributed by atoms with Gasteiger partial charge in [0.1, 0.15) is 18.0 Å². The number of hydrogen-bond donors (Lipinski definition) is 0. The average molecular weight is 274 g/mol. The highest BCUT2D eigenvalue weighted by Crippen LogP contribution is 2.28. The second-order valence-electron chi connectivity index (χ2n) is 3.88. The fraction of sp³-hybridized carbons (Fsp3) is 1.00. The SMILES string of the molecule is O=S1(=O)CCC(CC2OS(=O)(=O)CC2F)O1. The molecule has 9 heteroatoms. The summed E-state index contributed by atoms with van der Waals surface area (Å²) in [5, 5.41) is 0. The minimum Gasteiger partial charge on any atom is -0.267 e. The van der Waals surface area contributed by atoms with E-state index in [2.05, 4.69) is 8.37 Å². The molecule has 94 valence electrons. The first-order valence-corrected chi connectivity index (χ1v) is 7.89. The van der Waals surface area contributed by atoms with E-state index in [0.29, 0.717) is 0 Å². The van der Waals surface area contributed by atoms with Gasteiger partial charge in [0.25, 0.3) is 20.2 Å². The Morgan fingerprint density at radius 3 is 2.25 bits per heavy atom. The van der Waals surface area contributed by atoms with Gasteiger partial charge in [0.15, 0.2) is 0 Å². The summed E-state index contributed by atoms with van der Waals surface area (Å²) in [6.07, 6.45) is -3.23. The summed E-state index contributed by atoms with van der Waals surface area (Å²) in [5.74, 6) is -0.786. The Morgan fingerprint density at radius 1 is 1.12 bits per heavy atom. The van der Waals surface area contributed by atoms with Crippen molar-refractivity contribution in [2.45, 2.75) is 31.2 Å². The quantitative estimate of drug-likeness (QED) is 0.635. The Morgan fingerprint density at radius 2 is 1.81 bits per heavy atom. The second kappa shape index (κ2) is 3.90. The number of hydrogen-bond acceptors (Lipinski definition) is 6. The van der Waals surface area contributed by atoms with Crippen LogP contribution in [0.4, 0.5) is 4.39 Å². The highest BCUT2D eigenvalue weighted by molar-refractivity contribution is 7.87. The summed E-state index contributed by atoms with van der Waals surface area (Å²) in [7, 11) is -7.31. The van der Waals surface area contributed by atoms with Crippen LogP contribution in [-0.2, 0) is 28.6 Å². The highest BCUT2D eigenvalue weighted by Gasteiger charge is 2.42. The minimum absolute atomic E-state index is 0.0559. The molecule has 0 amide bonds. The molecule has 3 atom stereocenters. The molecule has 2 rings (SSSR count). The molecule has 2 aliphatic heterocycles. The molecule has 0 aliphatic carbocycles. The monoisotopic (exact) mass is 274 g/mol. The lowest BCUT2D eigenvalue weighted by Gasteiger charge is -2.13. The van der Waals surface area contributed by atoms with Crippen LogP contribution in [0.3, 0.4) is 0 Å². The summed E-state index contributed by atoms with van der Waals surface area (Å²) < 4.78 is 66.2. The molecule has 2 aliphatic rings. The van der Waals surface area contributed by atoms with Crippen LogP contribution in [0.2, 0.25) is 0 Å². The molecule has 2 heterocycles. The number of halogens is 1. The molecule has 6 nitrogen and oxygen atoms in total. The van der Waals surface area contributed by atoms with Gasteiger partial charge in [0, 0.05) is 6.42 Å². The molecule has 0 aromatic carbocycles. The second-order valence-corrected chi connectivity index (χ2v) is 7.24. The van der Waals surface area contributed by atoms with Gasteiger partial charge in [-0.15, -0.1) is 0 Å². The standard InChI is InChI=1S/C7H11FO6S2/c8-6-4-16(11,12)14-7(6)3-5-1-2-15(9,10)13-5/h5-7H,1-4H2. The highest BCUT2D eigenvalue weighted by atomic mass is 32.2. The van der Waals surface area contributed by atoms with Crippen LogP contribution < -0.4 is 0 Å². The molecule has 0 N–H and O–H groups in total. The lowest BCUT2D eigenvalue weighted by molar-refractivity contribution is 0.0961. The lowest BCUT2D eigenvalue weighted by Crippen LogP contribution is -2.24. The van der Waals surface area contributed by atoms with Crippen molar-refractivity contribution in [3.8, 4) is 0 Å². The Kier molecular flexibility index (Phi) is 2.97. The van der Waals surface area contributed by atoms with E-state index in [4.69, 9.17) is 0 Å². The molecule has 3 unspecified atom stereocenters. The van der Waals surface area contributed by atoms with E-state index in [-0.39, 0.29) is 18.6 Å². The number of alkyl halides is 1. The summed E-state index contributed by atoms with van der Waals surface area (Å²) in [4.78, 5) is 0. The van der Waals surface area contributed by atoms with E-state index in [1.54, 1.807) is 0 Å². The van der Waals surface area contributed by atoms with Crippen molar-refractivity contribution in [3.05, 3.63) is 0 Å². The number of rotatable bonds is 2. The van der Waals surface area contributed by atoms with Crippen molar-refractivity contribution in [2.75, 3.05) is 11.5 Å². The van der Waals surface area contributed by atoms with Crippen molar-refractivity contribution in [3.63, 3.8) is 0 Å². The molecule has 2 fully saturated rings. The van der Waals surface area contributed by atoms with Crippen LogP contribution in [-0.4, -0.2) is 46.7 Å². The third-order valence-corrected chi connectivity index (χ3v) is 5.07. The average Bonchev–Trinajstić information content (AvgIpc) is 2.53. The zero-order chi connectivity index (χ0) is 12.0. The van der Waals surface area contributed by atoms with Crippen molar-refractivity contribution in [1.29, 1.82) is 0 Å². The Labute approximate surface area is 93.0 Å². The van der Waals surface area contributed by atoms with E-state index < -0.39 is 44.4 Å². The van der Waals surface area contributed by atoms with Crippen molar-refractivity contribution >= 4 is 20.2 Å². The molecule has 2 saturated heterocycles. The fourth-order valence-corrected chi connectivity index (χ4v) is 4.27. The molecule has 0 radical (unpaired) electrons. The third-order valence-electron chi connectivity index (χ3n) is 2.50. The molecular formula is C7H11FO6S2. The zero-order valence-corrected chi connectivity index (χ0v) is 9.84. The Hall–Kier alpha value is -0.250. The Balaban J connectivity index is 1.97. The van der Waals surface area contributed by atoms with Crippen LogP contribution >= 0.6 is 0 Å². The summed E-state index contributed by atoms with van der Waals surface area (Å²) >= 11 is 0. The summed E-state index contributed by atoms with van der Waals surface area (Å²) in [6, 6.07) is 0. The molecule has 0 aromatic heterocycles. The van der Waals surface area contributed by atoms with E-state index in [9.17, 15) is 21.2 Å². The van der Waals surface area contributed by atoms with Crippen LogP contribution in [0.25, 0.3) is 0 Å². The van der Waals surface area contributed by atoms with Crippen molar-refractivity contribution in [2.24, 2.45) is 0 Å². The maximum absolute atomic E-state index is 13.2. The fourth-order valence-electron chi connectivity index (χ4n) is 1.77. The first-order valence-electron chi connectivity index (χ1n) is 4.73. The van der Waals surface area contributed by atoms with E-state index in [1.807, 2.05) is 0 Å². The summed E-state index contributed by atoms with van der Waals surface area (Å²) in [5.41, 5.74) is 0. The van der Waals surface area contributed by atoms with Gasteiger partial charge < -0.3 is 0 Å². The molecule has 0 spiro atoms. The maximum Gasteiger partial charge on any atom is 0.270 e. The topological polar surface area (TPSA) is 86.7 Å². The van der Waals surface area contributed by atoms with Gasteiger partial charge in [-0.3, -0.25) is 8.37 Å². The van der Waals surface area contributed by atoms with Gasteiger partial charge in [0.05, 0.1) is 11.9 Å². The smallest absolute Gasteiger partial charge is 0.267 e. The summed E-state index contributed by atoms with van der Waals surface area (Å²) in [6.45, 7) is 0. The molecule has 0 aromatic rings. The predicted molar refractivity (Wildman–Crippen MR) is 51.4 cm³/mol. The molecule has 0 saturated carbocycles. The van der Waals surface area contributed by atoms with Gasteiger partial charge >= 0.3 is 0 Å². The molecule has 0 bridgehead atoms. The van der Waals surface area contributed by atoms with Crippen LogP contribution in [0, 0.1) is 0 Å². The van der Waals surface area contributed by atoms with Crippen molar-refractivity contribution in [1.82, 2.24) is 0 Å². The minimum atomic E-state index is -3.80. The predicted octanol–water partition coefficient (Wildman–Crippen LogP) is -0.438. The first-order chi connectivity index (χ1) is 7.27. The normalized spacial score (nSPS) is 41.2. The van der Waals surface area contributed by atoms with Gasteiger partial charge in [-0.05, 0) is 6.42 Å². The van der Waals surface area contributed by atoms with E-state index in [0.717, 1.165) is 0 Å². The Bertz CT molecular complexity index is 469. The maximum atomic E-state index is 13.2. The van der Waals surface area contributed by atoms with Gasteiger partial charge in [-0.1, -0.05) is 0 Å². The molecule has 16 heavy (non-hydrogen) atoms. The largest absolute Gasteiger partial charge is 0.270 e. The van der Waals surface area contributed by atoms with Crippen LogP contribution in [0.1, 0.15) is 12.8 Å².